The number of hydrazine groups is 1. The summed E-state index contributed by atoms with van der Waals surface area (Å²) in [6.45, 7) is 3.24. The molecule has 2 aromatic carbocycles. The van der Waals surface area contributed by atoms with Gasteiger partial charge < -0.3 is 4.74 Å². The van der Waals surface area contributed by atoms with Gasteiger partial charge in [0.05, 0.1) is 7.11 Å². The van der Waals surface area contributed by atoms with Gasteiger partial charge in [0, 0.05) is 17.3 Å². The van der Waals surface area contributed by atoms with Crippen LogP contribution in [-0.2, 0) is 4.79 Å². The van der Waals surface area contributed by atoms with Gasteiger partial charge in [0.1, 0.15) is 5.75 Å². The van der Waals surface area contributed by atoms with Crippen molar-refractivity contribution < 1.29 is 22.7 Å². The van der Waals surface area contributed by atoms with E-state index >= 15 is 0 Å². The Balaban J connectivity index is 2.12. The predicted molar refractivity (Wildman–Crippen MR) is 88.0 cm³/mol. The first-order valence-corrected chi connectivity index (χ1v) is 7.86. The first-order valence-electron chi connectivity index (χ1n) is 7.86. The lowest BCUT2D eigenvalue weighted by molar-refractivity contribution is -0.203. The third-order valence-electron chi connectivity index (χ3n) is 4.46. The number of alkyl halides is 3. The van der Waals surface area contributed by atoms with Crippen molar-refractivity contribution in [2.24, 2.45) is 0 Å². The molecule has 0 saturated carbocycles. The van der Waals surface area contributed by atoms with Crippen LogP contribution in [0.1, 0.15) is 31.9 Å². The quantitative estimate of drug-likeness (QED) is 0.909. The molecule has 4 nitrogen and oxygen atoms in total. The number of carbonyl (C=O) groups excluding carboxylic acids is 1. The van der Waals surface area contributed by atoms with E-state index in [0.29, 0.717) is 11.1 Å². The molecule has 3 rings (SSSR count). The van der Waals surface area contributed by atoms with E-state index in [1.54, 1.807) is 38.1 Å². The van der Waals surface area contributed by atoms with Crippen molar-refractivity contribution in [3.05, 3.63) is 42.0 Å². The van der Waals surface area contributed by atoms with Crippen LogP contribution in [0.5, 0.6) is 5.75 Å². The maximum Gasteiger partial charge on any atom is 0.409 e. The highest BCUT2D eigenvalue weighted by atomic mass is 19.4. The van der Waals surface area contributed by atoms with Crippen LogP contribution in [0, 0.1) is 0 Å². The number of hydrogen-bond donors (Lipinski definition) is 1. The maximum absolute atomic E-state index is 13.9. The van der Waals surface area contributed by atoms with Crippen LogP contribution >= 0.6 is 0 Å². The highest BCUT2D eigenvalue weighted by Gasteiger charge is 2.52. The van der Waals surface area contributed by atoms with Crippen molar-refractivity contribution in [3.8, 4) is 5.75 Å². The van der Waals surface area contributed by atoms with E-state index in [2.05, 4.69) is 5.43 Å². The average molecular weight is 352 g/mol. The number of nitrogens with one attached hydrogen (secondary N) is 1. The second-order valence-corrected chi connectivity index (χ2v) is 6.78. The van der Waals surface area contributed by atoms with Crippen molar-refractivity contribution in [2.45, 2.75) is 38.0 Å². The lowest BCUT2D eigenvalue weighted by Crippen LogP contribution is -2.51. The van der Waals surface area contributed by atoms with Gasteiger partial charge in [0.25, 0.3) is 0 Å². The van der Waals surface area contributed by atoms with E-state index < -0.39 is 23.7 Å². The Hall–Kier alpha value is -2.28. The van der Waals surface area contributed by atoms with Gasteiger partial charge in [-0.25, -0.2) is 0 Å². The molecule has 0 bridgehead atoms. The molecule has 1 aliphatic heterocycles. The molecule has 134 valence electrons. The lowest BCUT2D eigenvalue weighted by atomic mass is 9.95. The number of carbonyl (C=O) groups is 1. The molecular formula is C18H19F3N2O2. The highest BCUT2D eigenvalue weighted by Crippen LogP contribution is 2.43. The molecule has 0 unspecified atom stereocenters. The Morgan fingerprint density at radius 2 is 1.96 bits per heavy atom. The monoisotopic (exact) mass is 352 g/mol. The van der Waals surface area contributed by atoms with E-state index in [-0.39, 0.29) is 12.0 Å². The Kier molecular flexibility index (Phi) is 4.15. The standard InChI is InChI=1S/C18H19F3N2O2/c1-17(2)10-15(24)22-23(17)16(18(19,20)21)12-7-8-13-11(9-12)5-4-6-14(13)25-3/h4-9,16H,10H2,1-3H3,(H,22,24)/t16-/m0/s1. The fourth-order valence-corrected chi connectivity index (χ4v) is 3.32. The molecule has 1 amide bonds. The number of hydrogen-bond acceptors (Lipinski definition) is 3. The molecule has 0 aromatic heterocycles. The topological polar surface area (TPSA) is 41.6 Å². The second kappa shape index (κ2) is 5.91. The summed E-state index contributed by atoms with van der Waals surface area (Å²) >= 11 is 0. The van der Waals surface area contributed by atoms with Crippen molar-refractivity contribution in [2.75, 3.05) is 7.11 Å². The number of fused-ring (bicyclic) bond motifs is 1. The normalized spacial score (nSPS) is 19.0. The first kappa shape index (κ1) is 17.5. The van der Waals surface area contributed by atoms with Gasteiger partial charge in [-0.2, -0.15) is 18.2 Å². The van der Waals surface area contributed by atoms with Gasteiger partial charge >= 0.3 is 6.18 Å². The van der Waals surface area contributed by atoms with Gasteiger partial charge in [0.15, 0.2) is 6.04 Å². The van der Waals surface area contributed by atoms with Gasteiger partial charge in [-0.1, -0.05) is 24.3 Å². The van der Waals surface area contributed by atoms with Crippen LogP contribution in [-0.4, -0.2) is 29.7 Å². The predicted octanol–water partition coefficient (Wildman–Crippen LogP) is 3.97. The molecule has 1 heterocycles. The smallest absolute Gasteiger partial charge is 0.409 e. The molecule has 7 heteroatoms. The van der Waals surface area contributed by atoms with E-state index in [1.165, 1.54) is 19.2 Å². The fraction of sp³-hybridized carbons (Fsp3) is 0.389. The summed E-state index contributed by atoms with van der Waals surface area (Å²) in [5.41, 5.74) is 1.50. The van der Waals surface area contributed by atoms with Gasteiger partial charge in [-0.05, 0) is 36.9 Å². The minimum atomic E-state index is -4.54. The molecule has 25 heavy (non-hydrogen) atoms. The first-order chi connectivity index (χ1) is 11.6. The molecule has 1 atom stereocenters. The average Bonchev–Trinajstić information content (AvgIpc) is 2.77. The minimum Gasteiger partial charge on any atom is -0.496 e. The summed E-state index contributed by atoms with van der Waals surface area (Å²) in [6, 6.07) is 7.85. The van der Waals surface area contributed by atoms with Crippen LogP contribution < -0.4 is 10.2 Å². The summed E-state index contributed by atoms with van der Waals surface area (Å²) in [7, 11) is 1.52. The molecule has 0 radical (unpaired) electrons. The van der Waals surface area contributed by atoms with Crippen molar-refractivity contribution in [1.82, 2.24) is 10.4 Å². The van der Waals surface area contributed by atoms with Crippen molar-refractivity contribution in [1.29, 1.82) is 0 Å². The number of methoxy groups -OCH3 is 1. The number of benzene rings is 2. The molecule has 1 saturated heterocycles. The number of rotatable bonds is 3. The Morgan fingerprint density at radius 1 is 1.24 bits per heavy atom. The maximum atomic E-state index is 13.9. The Bertz CT molecular complexity index is 818. The molecular weight excluding hydrogens is 333 g/mol. The third-order valence-corrected chi connectivity index (χ3v) is 4.46. The van der Waals surface area contributed by atoms with Crippen LogP contribution in [0.4, 0.5) is 13.2 Å². The molecule has 1 aliphatic rings. The molecule has 1 fully saturated rings. The van der Waals surface area contributed by atoms with Crippen LogP contribution in [0.3, 0.4) is 0 Å². The number of ether oxygens (including phenoxy) is 1. The highest BCUT2D eigenvalue weighted by molar-refractivity contribution is 5.89. The van der Waals surface area contributed by atoms with Crippen molar-refractivity contribution in [3.63, 3.8) is 0 Å². The molecule has 1 N–H and O–H groups in total. The fourth-order valence-electron chi connectivity index (χ4n) is 3.32. The zero-order valence-corrected chi connectivity index (χ0v) is 14.1. The van der Waals surface area contributed by atoms with E-state index in [4.69, 9.17) is 4.74 Å². The Labute approximate surface area is 143 Å². The van der Waals surface area contributed by atoms with E-state index in [1.807, 2.05) is 0 Å². The van der Waals surface area contributed by atoms with Crippen LogP contribution in [0.15, 0.2) is 36.4 Å². The van der Waals surface area contributed by atoms with E-state index in [9.17, 15) is 18.0 Å². The lowest BCUT2D eigenvalue weighted by Gasteiger charge is -2.38. The summed E-state index contributed by atoms with van der Waals surface area (Å²) in [5, 5.41) is 2.39. The number of amides is 1. The Morgan fingerprint density at radius 3 is 2.52 bits per heavy atom. The zero-order valence-electron chi connectivity index (χ0n) is 14.1. The van der Waals surface area contributed by atoms with E-state index in [0.717, 1.165) is 10.4 Å². The zero-order chi connectivity index (χ0) is 18.4. The number of nitrogens with zero attached hydrogens (tertiary/aromatic N) is 1. The van der Waals surface area contributed by atoms with Crippen molar-refractivity contribution >= 4 is 16.7 Å². The minimum absolute atomic E-state index is 0.0149. The SMILES string of the molecule is COc1cccc2cc([C@H](N3NC(=O)CC3(C)C)C(F)(F)F)ccc12. The number of halogens is 3. The summed E-state index contributed by atoms with van der Waals surface area (Å²) in [4.78, 5) is 11.7. The largest absolute Gasteiger partial charge is 0.496 e. The van der Waals surface area contributed by atoms with Gasteiger partial charge in [-0.3, -0.25) is 10.2 Å². The molecule has 0 aliphatic carbocycles. The third kappa shape index (κ3) is 3.16. The summed E-state index contributed by atoms with van der Waals surface area (Å²) < 4.78 is 46.8. The second-order valence-electron chi connectivity index (χ2n) is 6.78. The van der Waals surface area contributed by atoms with Crippen LogP contribution in [0.2, 0.25) is 0 Å². The van der Waals surface area contributed by atoms with Gasteiger partial charge in [-0.15, -0.1) is 0 Å². The molecule has 0 spiro atoms. The van der Waals surface area contributed by atoms with Crippen LogP contribution in [0.25, 0.3) is 10.8 Å². The summed E-state index contributed by atoms with van der Waals surface area (Å²) in [5.74, 6) is 0.184. The summed E-state index contributed by atoms with van der Waals surface area (Å²) in [6.07, 6.45) is -4.53. The van der Waals surface area contributed by atoms with Gasteiger partial charge in [0.2, 0.25) is 5.91 Å². The molecule has 2 aromatic rings.